The number of carboxylic acids is 1. The third kappa shape index (κ3) is 5.77. The van der Waals surface area contributed by atoms with E-state index >= 15 is 0 Å². The Kier molecular flexibility index (Phi) is 7.93. The molecular weight excluding hydrogens is 591 g/mol. The summed E-state index contributed by atoms with van der Waals surface area (Å²) in [6.45, 7) is 6.27. The summed E-state index contributed by atoms with van der Waals surface area (Å²) in [6, 6.07) is 14.3. The van der Waals surface area contributed by atoms with E-state index in [1.807, 2.05) is 18.2 Å². The lowest BCUT2D eigenvalue weighted by Crippen LogP contribution is -2.41. The van der Waals surface area contributed by atoms with Gasteiger partial charge < -0.3 is 28.6 Å². The third-order valence-electron chi connectivity index (χ3n) is 9.93. The maximum atomic E-state index is 14.8. The zero-order chi connectivity index (χ0) is 31.2. The van der Waals surface area contributed by atoms with Gasteiger partial charge in [-0.05, 0) is 60.8 Å². The number of ether oxygens (including phenoxy) is 4. The number of hydrogen-bond donors (Lipinski definition) is 1. The first kappa shape index (κ1) is 29.5. The van der Waals surface area contributed by atoms with Crippen molar-refractivity contribution in [1.82, 2.24) is 19.4 Å². The van der Waals surface area contributed by atoms with Crippen LogP contribution >= 0.6 is 0 Å². The van der Waals surface area contributed by atoms with Crippen molar-refractivity contribution in [2.75, 3.05) is 39.5 Å². The number of aromatic nitrogens is 3. The first-order valence-electron chi connectivity index (χ1n) is 16.1. The van der Waals surface area contributed by atoms with Crippen LogP contribution in [-0.4, -0.2) is 76.1 Å². The fourth-order valence-corrected chi connectivity index (χ4v) is 7.09. The minimum Gasteiger partial charge on any atom is -0.478 e. The van der Waals surface area contributed by atoms with E-state index in [1.54, 1.807) is 30.3 Å². The summed E-state index contributed by atoms with van der Waals surface area (Å²) < 4.78 is 40.1. The number of nitrogens with zero attached hydrogens (tertiary/aromatic N) is 4. The highest BCUT2D eigenvalue weighted by Gasteiger charge is 2.36. The minimum atomic E-state index is -0.949. The maximum Gasteiger partial charge on any atom is 0.335 e. The molecule has 0 saturated carbocycles. The highest BCUT2D eigenvalue weighted by molar-refractivity contribution is 5.92. The van der Waals surface area contributed by atoms with Crippen molar-refractivity contribution in [1.29, 1.82) is 0 Å². The molecule has 11 heteroatoms. The summed E-state index contributed by atoms with van der Waals surface area (Å²) in [5.41, 5.74) is 5.42. The minimum absolute atomic E-state index is 0.109. The zero-order valence-electron chi connectivity index (χ0n) is 25.6. The smallest absolute Gasteiger partial charge is 0.335 e. The van der Waals surface area contributed by atoms with E-state index < -0.39 is 5.97 Å². The molecule has 0 amide bonds. The van der Waals surface area contributed by atoms with Crippen LogP contribution in [0.4, 0.5) is 4.39 Å². The molecule has 0 bridgehead atoms. The number of imidazole rings is 1. The first-order valence-corrected chi connectivity index (χ1v) is 16.1. The summed E-state index contributed by atoms with van der Waals surface area (Å²) in [4.78, 5) is 24.0. The predicted molar refractivity (Wildman–Crippen MR) is 165 cm³/mol. The number of hydrogen-bond acceptors (Lipinski definition) is 8. The van der Waals surface area contributed by atoms with E-state index in [-0.39, 0.29) is 41.8 Å². The Morgan fingerprint density at radius 3 is 2.70 bits per heavy atom. The lowest BCUT2D eigenvalue weighted by molar-refractivity contribution is -0.0592. The summed E-state index contributed by atoms with van der Waals surface area (Å²) in [6.07, 6.45) is 2.01. The van der Waals surface area contributed by atoms with Crippen molar-refractivity contribution >= 4 is 17.0 Å². The molecule has 1 N–H and O–H groups in total. The molecule has 3 atom stereocenters. The van der Waals surface area contributed by atoms with Gasteiger partial charge in [-0.2, -0.15) is 0 Å². The van der Waals surface area contributed by atoms with Crippen LogP contribution in [-0.2, 0) is 40.5 Å². The van der Waals surface area contributed by atoms with Gasteiger partial charge in [-0.25, -0.2) is 19.2 Å². The van der Waals surface area contributed by atoms with Crippen LogP contribution in [0.1, 0.15) is 63.2 Å². The Morgan fingerprint density at radius 2 is 1.93 bits per heavy atom. The van der Waals surface area contributed by atoms with Gasteiger partial charge >= 0.3 is 5.97 Å². The second-order valence-electron chi connectivity index (χ2n) is 12.9. The summed E-state index contributed by atoms with van der Waals surface area (Å²) >= 11 is 0. The van der Waals surface area contributed by atoms with Gasteiger partial charge in [-0.1, -0.05) is 12.1 Å². The molecule has 4 aliphatic heterocycles. The van der Waals surface area contributed by atoms with Gasteiger partial charge in [0.25, 0.3) is 0 Å². The van der Waals surface area contributed by atoms with Crippen LogP contribution in [0.25, 0.3) is 11.0 Å². The van der Waals surface area contributed by atoms with Crippen molar-refractivity contribution in [2.24, 2.45) is 5.92 Å². The van der Waals surface area contributed by atoms with Gasteiger partial charge in [-0.3, -0.25) is 4.90 Å². The molecule has 46 heavy (non-hydrogen) atoms. The molecular formula is C35H37FN4O6. The summed E-state index contributed by atoms with van der Waals surface area (Å²) in [5, 5.41) is 9.58. The quantitative estimate of drug-likeness (QED) is 0.277. The Hall–Kier alpha value is -3.90. The molecule has 3 saturated heterocycles. The van der Waals surface area contributed by atoms with Gasteiger partial charge in [0.15, 0.2) is 0 Å². The van der Waals surface area contributed by atoms with Crippen LogP contribution in [0, 0.1) is 11.7 Å². The van der Waals surface area contributed by atoms with Crippen molar-refractivity contribution in [3.8, 4) is 5.88 Å². The summed E-state index contributed by atoms with van der Waals surface area (Å²) in [7, 11) is 0. The molecule has 2 aromatic carbocycles. The van der Waals surface area contributed by atoms with Gasteiger partial charge in [0.1, 0.15) is 18.2 Å². The van der Waals surface area contributed by atoms with E-state index in [2.05, 4.69) is 9.47 Å². The molecule has 6 heterocycles. The number of rotatable bonds is 9. The molecule has 3 unspecified atom stereocenters. The number of pyridine rings is 1. The highest BCUT2D eigenvalue weighted by Crippen LogP contribution is 2.38. The number of carbonyl (C=O) groups is 1. The van der Waals surface area contributed by atoms with Crippen LogP contribution in [0.5, 0.6) is 5.88 Å². The average molecular weight is 629 g/mol. The number of carboxylic acid groups (broad SMARTS) is 1. The van der Waals surface area contributed by atoms with Crippen molar-refractivity contribution in [3.63, 3.8) is 0 Å². The molecule has 10 nitrogen and oxygen atoms in total. The highest BCUT2D eigenvalue weighted by atomic mass is 19.1. The number of fused-ring (bicyclic) bond motifs is 4. The Balaban J connectivity index is 0.973. The standard InChI is InChI=1S/C35H37FN4O6/c36-29-11-21(26-18-44-19-26)1-2-23(29)20-46-33-6-4-24-16-43-17-25-13-39(9-7-28(25)34(24)38-33)15-32-37-30-5-3-22(35(41)42)12-31(30)40(32)14-27-8-10-45-27/h1-6,11-12,25-28H,7-10,13-20H2,(H,41,42). The van der Waals surface area contributed by atoms with E-state index in [0.717, 1.165) is 66.2 Å². The maximum absolute atomic E-state index is 14.8. The third-order valence-corrected chi connectivity index (χ3v) is 9.93. The molecule has 0 radical (unpaired) electrons. The molecule has 8 rings (SSSR count). The monoisotopic (exact) mass is 628 g/mol. The van der Waals surface area contributed by atoms with E-state index in [1.165, 1.54) is 0 Å². The molecule has 4 aliphatic rings. The molecule has 3 fully saturated rings. The van der Waals surface area contributed by atoms with Crippen LogP contribution in [0.3, 0.4) is 0 Å². The van der Waals surface area contributed by atoms with E-state index in [4.69, 9.17) is 28.9 Å². The van der Waals surface area contributed by atoms with Crippen molar-refractivity contribution < 1.29 is 33.2 Å². The van der Waals surface area contributed by atoms with Crippen molar-refractivity contribution in [3.05, 3.63) is 88.1 Å². The number of likely N-dealkylation sites (tertiary alicyclic amines) is 1. The average Bonchev–Trinajstić information content (AvgIpc) is 3.22. The second-order valence-corrected chi connectivity index (χ2v) is 12.9. The van der Waals surface area contributed by atoms with Crippen molar-refractivity contribution in [2.45, 2.75) is 57.1 Å². The molecule has 240 valence electrons. The fourth-order valence-electron chi connectivity index (χ4n) is 7.09. The van der Waals surface area contributed by atoms with Gasteiger partial charge in [0.05, 0.1) is 67.9 Å². The lowest BCUT2D eigenvalue weighted by Gasteiger charge is -2.37. The van der Waals surface area contributed by atoms with Gasteiger partial charge in [0.2, 0.25) is 5.88 Å². The molecule has 0 spiro atoms. The number of benzene rings is 2. The largest absolute Gasteiger partial charge is 0.478 e. The summed E-state index contributed by atoms with van der Waals surface area (Å²) in [5.74, 6) is 0.920. The van der Waals surface area contributed by atoms with Gasteiger partial charge in [0, 0.05) is 42.5 Å². The number of halogens is 1. The van der Waals surface area contributed by atoms with Crippen LogP contribution in [0.2, 0.25) is 0 Å². The SMILES string of the molecule is O=C(O)c1ccc2nc(CN3CCC4c5nc(OCc6ccc(C7COC7)cc6F)ccc5COCC4C3)n(CC3CCO3)c2c1. The zero-order valence-corrected chi connectivity index (χ0v) is 25.6. The molecule has 2 aromatic heterocycles. The first-order chi connectivity index (χ1) is 22.5. The topological polar surface area (TPSA) is 108 Å². The fraction of sp³-hybridized carbons (Fsp3) is 0.457. The Bertz CT molecular complexity index is 1770. The molecule has 0 aliphatic carbocycles. The van der Waals surface area contributed by atoms with Crippen LogP contribution in [0.15, 0.2) is 48.5 Å². The second kappa shape index (κ2) is 12.4. The lowest BCUT2D eigenvalue weighted by atomic mass is 9.82. The van der Waals surface area contributed by atoms with E-state index in [9.17, 15) is 14.3 Å². The number of piperidine rings is 1. The predicted octanol–water partition coefficient (Wildman–Crippen LogP) is 4.89. The van der Waals surface area contributed by atoms with Gasteiger partial charge in [-0.15, -0.1) is 0 Å². The normalized spacial score (nSPS) is 23.2. The molecule has 4 aromatic rings. The Labute approximate surface area is 266 Å². The van der Waals surface area contributed by atoms with E-state index in [0.29, 0.717) is 51.0 Å². The Morgan fingerprint density at radius 1 is 1.04 bits per heavy atom. The van der Waals surface area contributed by atoms with Crippen LogP contribution < -0.4 is 4.74 Å². The number of aromatic carboxylic acids is 1.